The van der Waals surface area contributed by atoms with E-state index >= 15 is 0 Å². The van der Waals surface area contributed by atoms with Crippen molar-refractivity contribution < 1.29 is 4.79 Å². The number of amides is 1. The van der Waals surface area contributed by atoms with Gasteiger partial charge in [-0.3, -0.25) is 4.79 Å². The minimum absolute atomic E-state index is 0.0112. The van der Waals surface area contributed by atoms with Crippen molar-refractivity contribution in [1.29, 1.82) is 0 Å². The topological polar surface area (TPSA) is 55.1 Å². The lowest BCUT2D eigenvalue weighted by molar-refractivity contribution is -0.114. The van der Waals surface area contributed by atoms with E-state index in [2.05, 4.69) is 35.6 Å². The lowest BCUT2D eigenvalue weighted by Crippen LogP contribution is -2.21. The highest BCUT2D eigenvalue weighted by atomic mass is 16.1. The van der Waals surface area contributed by atoms with Gasteiger partial charge in [0.1, 0.15) is 0 Å². The van der Waals surface area contributed by atoms with Crippen LogP contribution in [0.25, 0.3) is 11.1 Å². The van der Waals surface area contributed by atoms with E-state index in [-0.39, 0.29) is 12.5 Å². The van der Waals surface area contributed by atoms with Crippen LogP contribution < -0.4 is 11.1 Å². The third-order valence-corrected chi connectivity index (χ3v) is 3.26. The first-order chi connectivity index (χ1) is 8.78. The van der Waals surface area contributed by atoms with Gasteiger partial charge in [-0.1, -0.05) is 30.3 Å². The van der Waals surface area contributed by atoms with Gasteiger partial charge in [-0.15, -0.1) is 0 Å². The average Bonchev–Trinajstić information content (AvgIpc) is 2.76. The maximum absolute atomic E-state index is 11.3. The lowest BCUT2D eigenvalue weighted by Gasteiger charge is -2.06. The first kappa shape index (κ1) is 11.0. The molecule has 18 heavy (non-hydrogen) atoms. The number of hydrogen-bond acceptors (Lipinski definition) is 2. The summed E-state index contributed by atoms with van der Waals surface area (Å²) < 4.78 is 0. The summed E-state index contributed by atoms with van der Waals surface area (Å²) in [5.74, 6) is -0.162. The molecule has 90 valence electrons. The van der Waals surface area contributed by atoms with E-state index in [1.165, 1.54) is 22.3 Å². The predicted octanol–water partition coefficient (Wildman–Crippen LogP) is 2.16. The Bertz CT molecular complexity index is 620. The van der Waals surface area contributed by atoms with Crippen molar-refractivity contribution in [1.82, 2.24) is 0 Å². The SMILES string of the molecule is NCC(=O)Nc1ccc2c(c1)Cc1ccccc1-2. The number of anilines is 1. The van der Waals surface area contributed by atoms with Crippen molar-refractivity contribution >= 4 is 11.6 Å². The molecular formula is C15H14N2O. The first-order valence-corrected chi connectivity index (χ1v) is 5.99. The minimum Gasteiger partial charge on any atom is -0.325 e. The fraction of sp³-hybridized carbons (Fsp3) is 0.133. The first-order valence-electron chi connectivity index (χ1n) is 5.99. The number of rotatable bonds is 2. The average molecular weight is 238 g/mol. The summed E-state index contributed by atoms with van der Waals surface area (Å²) in [5.41, 5.74) is 11.3. The zero-order valence-corrected chi connectivity index (χ0v) is 9.94. The van der Waals surface area contributed by atoms with Crippen molar-refractivity contribution in [2.75, 3.05) is 11.9 Å². The summed E-state index contributed by atoms with van der Waals surface area (Å²) >= 11 is 0. The Kier molecular flexibility index (Phi) is 2.61. The van der Waals surface area contributed by atoms with Crippen LogP contribution >= 0.6 is 0 Å². The molecule has 1 amide bonds. The summed E-state index contributed by atoms with van der Waals surface area (Å²) in [6, 6.07) is 14.4. The Morgan fingerprint density at radius 2 is 1.89 bits per heavy atom. The molecule has 0 heterocycles. The molecule has 2 aromatic rings. The zero-order chi connectivity index (χ0) is 12.5. The Labute approximate surface area is 106 Å². The highest BCUT2D eigenvalue weighted by molar-refractivity contribution is 5.93. The molecule has 2 aromatic carbocycles. The molecule has 3 rings (SSSR count). The molecule has 0 unspecified atom stereocenters. The van der Waals surface area contributed by atoms with Gasteiger partial charge in [0.05, 0.1) is 6.54 Å². The number of hydrogen-bond donors (Lipinski definition) is 2. The van der Waals surface area contributed by atoms with Gasteiger partial charge < -0.3 is 11.1 Å². The van der Waals surface area contributed by atoms with Gasteiger partial charge >= 0.3 is 0 Å². The van der Waals surface area contributed by atoms with Crippen LogP contribution in [0.1, 0.15) is 11.1 Å². The molecule has 3 N–H and O–H groups in total. The molecule has 0 aliphatic heterocycles. The number of carbonyl (C=O) groups excluding carboxylic acids is 1. The summed E-state index contributed by atoms with van der Waals surface area (Å²) in [7, 11) is 0. The van der Waals surface area contributed by atoms with E-state index in [0.717, 1.165) is 12.1 Å². The highest BCUT2D eigenvalue weighted by Gasteiger charge is 2.17. The number of carbonyl (C=O) groups is 1. The molecule has 0 bridgehead atoms. The normalized spacial score (nSPS) is 11.8. The Hall–Kier alpha value is -2.13. The Morgan fingerprint density at radius 1 is 1.11 bits per heavy atom. The van der Waals surface area contributed by atoms with Crippen LogP contribution in [0.15, 0.2) is 42.5 Å². The predicted molar refractivity (Wildman–Crippen MR) is 72.4 cm³/mol. The van der Waals surface area contributed by atoms with Gasteiger partial charge in [-0.25, -0.2) is 0 Å². The molecule has 3 heteroatoms. The maximum atomic E-state index is 11.3. The second kappa shape index (κ2) is 4.27. The molecule has 0 saturated carbocycles. The van der Waals surface area contributed by atoms with Gasteiger partial charge in [0.2, 0.25) is 5.91 Å². The fourth-order valence-corrected chi connectivity index (χ4v) is 2.43. The zero-order valence-electron chi connectivity index (χ0n) is 9.94. The van der Waals surface area contributed by atoms with Crippen LogP contribution in [0.2, 0.25) is 0 Å². The van der Waals surface area contributed by atoms with Crippen LogP contribution in [0.4, 0.5) is 5.69 Å². The van der Waals surface area contributed by atoms with Crippen LogP contribution in [-0.4, -0.2) is 12.5 Å². The number of benzene rings is 2. The van der Waals surface area contributed by atoms with E-state index in [1.54, 1.807) is 0 Å². The molecule has 0 atom stereocenters. The van der Waals surface area contributed by atoms with Crippen LogP contribution in [0.3, 0.4) is 0 Å². The number of nitrogens with two attached hydrogens (primary N) is 1. The third kappa shape index (κ3) is 1.79. The van der Waals surface area contributed by atoms with Crippen molar-refractivity contribution in [3.05, 3.63) is 53.6 Å². The molecule has 0 aromatic heterocycles. The molecular weight excluding hydrogens is 224 g/mol. The molecule has 0 spiro atoms. The number of fused-ring (bicyclic) bond motifs is 3. The van der Waals surface area contributed by atoms with Gasteiger partial charge in [0, 0.05) is 5.69 Å². The van der Waals surface area contributed by atoms with E-state index < -0.39 is 0 Å². The Balaban J connectivity index is 1.96. The number of nitrogens with one attached hydrogen (secondary N) is 1. The summed E-state index contributed by atoms with van der Waals surface area (Å²) in [4.78, 5) is 11.3. The molecule has 1 aliphatic rings. The second-order valence-corrected chi connectivity index (χ2v) is 4.46. The molecule has 1 aliphatic carbocycles. The summed E-state index contributed by atoms with van der Waals surface area (Å²) in [5, 5.41) is 2.78. The van der Waals surface area contributed by atoms with Crippen molar-refractivity contribution in [3.63, 3.8) is 0 Å². The largest absolute Gasteiger partial charge is 0.325 e. The van der Waals surface area contributed by atoms with E-state index in [0.29, 0.717) is 0 Å². The van der Waals surface area contributed by atoms with Gasteiger partial charge in [0.25, 0.3) is 0 Å². The molecule has 0 fully saturated rings. The summed E-state index contributed by atoms with van der Waals surface area (Å²) in [6.07, 6.45) is 0.928. The smallest absolute Gasteiger partial charge is 0.238 e. The Morgan fingerprint density at radius 3 is 2.72 bits per heavy atom. The van der Waals surface area contributed by atoms with Crippen molar-refractivity contribution in [3.8, 4) is 11.1 Å². The van der Waals surface area contributed by atoms with Gasteiger partial charge in [-0.2, -0.15) is 0 Å². The minimum atomic E-state index is -0.162. The highest BCUT2D eigenvalue weighted by Crippen LogP contribution is 2.37. The lowest BCUT2D eigenvalue weighted by atomic mass is 10.1. The van der Waals surface area contributed by atoms with Crippen molar-refractivity contribution in [2.45, 2.75) is 6.42 Å². The second-order valence-electron chi connectivity index (χ2n) is 4.46. The molecule has 0 radical (unpaired) electrons. The molecule has 0 saturated heterocycles. The maximum Gasteiger partial charge on any atom is 0.238 e. The summed E-state index contributed by atoms with van der Waals surface area (Å²) in [6.45, 7) is 0.0112. The molecule has 3 nitrogen and oxygen atoms in total. The fourth-order valence-electron chi connectivity index (χ4n) is 2.43. The van der Waals surface area contributed by atoms with Gasteiger partial charge in [-0.05, 0) is 40.8 Å². The quantitative estimate of drug-likeness (QED) is 0.718. The van der Waals surface area contributed by atoms with E-state index in [9.17, 15) is 4.79 Å². The van der Waals surface area contributed by atoms with Crippen LogP contribution in [-0.2, 0) is 11.2 Å². The van der Waals surface area contributed by atoms with Crippen LogP contribution in [0.5, 0.6) is 0 Å². The standard InChI is InChI=1S/C15H14N2O/c16-9-15(18)17-12-5-6-14-11(8-12)7-10-3-1-2-4-13(10)14/h1-6,8H,7,9,16H2,(H,17,18). The van der Waals surface area contributed by atoms with E-state index in [1.807, 2.05) is 12.1 Å². The van der Waals surface area contributed by atoms with E-state index in [4.69, 9.17) is 5.73 Å². The van der Waals surface area contributed by atoms with Crippen LogP contribution in [0, 0.1) is 0 Å². The van der Waals surface area contributed by atoms with Gasteiger partial charge in [0.15, 0.2) is 0 Å². The monoisotopic (exact) mass is 238 g/mol. The third-order valence-electron chi connectivity index (χ3n) is 3.26. The van der Waals surface area contributed by atoms with Crippen molar-refractivity contribution in [2.24, 2.45) is 5.73 Å².